The van der Waals surface area contributed by atoms with Gasteiger partial charge in [-0.3, -0.25) is 9.69 Å². The Morgan fingerprint density at radius 1 is 0.966 bits per heavy atom. The van der Waals surface area contributed by atoms with Crippen molar-refractivity contribution in [3.63, 3.8) is 0 Å². The topological polar surface area (TPSA) is 76.1 Å². The highest BCUT2D eigenvalue weighted by Crippen LogP contribution is 2.35. The Balaban J connectivity index is 2.49. The molecule has 2 aromatic rings. The quantitative estimate of drug-likeness (QED) is 0.704. The maximum Gasteiger partial charge on any atom is 0.411 e. The van der Waals surface area contributed by atoms with E-state index in [-0.39, 0.29) is 13.2 Å². The van der Waals surface area contributed by atoms with Crippen LogP contribution in [0.25, 0.3) is 0 Å². The predicted octanol–water partition coefficient (Wildman–Crippen LogP) is 4.26. The molecule has 0 aromatic heterocycles. The second-order valence-corrected chi connectivity index (χ2v) is 7.62. The van der Waals surface area contributed by atoms with Gasteiger partial charge in [0, 0.05) is 0 Å². The molecule has 0 saturated heterocycles. The number of hydrogen-bond donors (Lipinski definition) is 1. The van der Waals surface area contributed by atoms with Crippen LogP contribution in [0.2, 0.25) is 0 Å². The molecule has 156 valence electrons. The van der Waals surface area contributed by atoms with E-state index in [0.29, 0.717) is 11.1 Å². The van der Waals surface area contributed by atoms with Crippen molar-refractivity contribution in [3.8, 4) is 0 Å². The summed E-state index contributed by atoms with van der Waals surface area (Å²) in [6.45, 7) is 6.80. The van der Waals surface area contributed by atoms with Gasteiger partial charge in [0.2, 0.25) is 0 Å². The molecular formula is C23H29NO5. The molecule has 6 nitrogen and oxygen atoms in total. The number of aliphatic hydroxyl groups is 1. The molecule has 2 atom stereocenters. The highest BCUT2D eigenvalue weighted by atomic mass is 16.6. The van der Waals surface area contributed by atoms with E-state index >= 15 is 0 Å². The van der Waals surface area contributed by atoms with Crippen molar-refractivity contribution >= 4 is 12.1 Å². The Morgan fingerprint density at radius 2 is 1.48 bits per heavy atom. The van der Waals surface area contributed by atoms with E-state index in [9.17, 15) is 14.7 Å². The minimum atomic E-state index is -1.07. The van der Waals surface area contributed by atoms with E-state index < -0.39 is 29.8 Å². The number of hydrogen-bond acceptors (Lipinski definition) is 5. The molecule has 0 saturated carbocycles. The average molecular weight is 399 g/mol. The fourth-order valence-electron chi connectivity index (χ4n) is 2.96. The normalized spacial score (nSPS) is 13.3. The van der Waals surface area contributed by atoms with Crippen LogP contribution in [0, 0.1) is 0 Å². The van der Waals surface area contributed by atoms with Crippen LogP contribution in [-0.4, -0.2) is 40.8 Å². The average Bonchev–Trinajstić information content (AvgIpc) is 2.67. The molecule has 1 amide bonds. The second kappa shape index (κ2) is 10.1. The Kier molecular flexibility index (Phi) is 7.79. The van der Waals surface area contributed by atoms with Crippen molar-refractivity contribution in [2.75, 3.05) is 13.2 Å². The number of esters is 1. The summed E-state index contributed by atoms with van der Waals surface area (Å²) in [5.41, 5.74) is 0.543. The largest absolute Gasteiger partial charge is 0.465 e. The summed E-state index contributed by atoms with van der Waals surface area (Å²) in [6, 6.07) is 17.3. The number of ether oxygens (including phenoxy) is 2. The van der Waals surface area contributed by atoms with Gasteiger partial charge in [0.15, 0.2) is 0 Å². The van der Waals surface area contributed by atoms with Gasteiger partial charge in [0.25, 0.3) is 0 Å². The first-order valence-electron chi connectivity index (χ1n) is 9.66. The molecule has 0 heterocycles. The molecule has 0 radical (unpaired) electrons. The first-order valence-corrected chi connectivity index (χ1v) is 9.66. The van der Waals surface area contributed by atoms with Crippen molar-refractivity contribution < 1.29 is 24.2 Å². The number of carbonyl (C=O) groups excluding carboxylic acids is 2. The molecule has 0 aliphatic carbocycles. The summed E-state index contributed by atoms with van der Waals surface area (Å²) in [5.74, 6) is -0.570. The molecule has 1 N–H and O–H groups in total. The van der Waals surface area contributed by atoms with Gasteiger partial charge < -0.3 is 14.6 Å². The predicted molar refractivity (Wildman–Crippen MR) is 110 cm³/mol. The lowest BCUT2D eigenvalue weighted by molar-refractivity contribution is -0.145. The molecule has 0 spiro atoms. The van der Waals surface area contributed by atoms with Gasteiger partial charge in [-0.25, -0.2) is 4.79 Å². The highest BCUT2D eigenvalue weighted by Gasteiger charge is 2.36. The number of carbonyl (C=O) groups is 2. The van der Waals surface area contributed by atoms with E-state index in [2.05, 4.69) is 0 Å². The minimum Gasteiger partial charge on any atom is -0.465 e. The zero-order valence-corrected chi connectivity index (χ0v) is 17.4. The zero-order chi connectivity index (χ0) is 21.4. The van der Waals surface area contributed by atoms with Gasteiger partial charge in [-0.2, -0.15) is 0 Å². The summed E-state index contributed by atoms with van der Waals surface area (Å²) in [5, 5.41) is 11.2. The van der Waals surface area contributed by atoms with Crippen molar-refractivity contribution in [2.24, 2.45) is 0 Å². The highest BCUT2D eigenvalue weighted by molar-refractivity contribution is 5.78. The lowest BCUT2D eigenvalue weighted by Crippen LogP contribution is -2.44. The van der Waals surface area contributed by atoms with Crippen LogP contribution < -0.4 is 0 Å². The van der Waals surface area contributed by atoms with Gasteiger partial charge in [-0.15, -0.1) is 0 Å². The molecule has 0 aliphatic heterocycles. The molecule has 2 rings (SSSR count). The van der Waals surface area contributed by atoms with E-state index in [1.807, 2.05) is 36.4 Å². The molecule has 2 unspecified atom stereocenters. The second-order valence-electron chi connectivity index (χ2n) is 7.62. The number of benzene rings is 2. The maximum absolute atomic E-state index is 13.0. The van der Waals surface area contributed by atoms with Crippen LogP contribution in [0.15, 0.2) is 60.7 Å². The maximum atomic E-state index is 13.0. The first kappa shape index (κ1) is 22.4. The Bertz CT molecular complexity index is 786. The zero-order valence-electron chi connectivity index (χ0n) is 17.4. The number of aliphatic hydroxyl groups excluding tert-OH is 1. The third kappa shape index (κ3) is 6.61. The van der Waals surface area contributed by atoms with E-state index in [1.165, 1.54) is 4.90 Å². The molecule has 29 heavy (non-hydrogen) atoms. The van der Waals surface area contributed by atoms with Crippen molar-refractivity contribution in [1.29, 1.82) is 0 Å². The standard InChI is InChI=1S/C23H29NO5/c1-5-28-19(25)16-24(22(27)29-23(2,3)4)20(17-12-8-6-9-13-17)21(26)18-14-10-7-11-15-18/h6-15,20-21,26H,5,16H2,1-4H3. The molecular weight excluding hydrogens is 370 g/mol. The summed E-state index contributed by atoms with van der Waals surface area (Å²) in [7, 11) is 0. The molecule has 6 heteroatoms. The smallest absolute Gasteiger partial charge is 0.411 e. The van der Waals surface area contributed by atoms with E-state index in [0.717, 1.165) is 0 Å². The lowest BCUT2D eigenvalue weighted by atomic mass is 9.94. The summed E-state index contributed by atoms with van der Waals surface area (Å²) < 4.78 is 10.6. The third-order valence-electron chi connectivity index (χ3n) is 4.15. The van der Waals surface area contributed by atoms with E-state index in [4.69, 9.17) is 9.47 Å². The Labute approximate surface area is 172 Å². The van der Waals surface area contributed by atoms with Gasteiger partial charge in [0.1, 0.15) is 18.2 Å². The van der Waals surface area contributed by atoms with Crippen molar-refractivity contribution in [2.45, 2.75) is 45.4 Å². The molecule has 0 fully saturated rings. The summed E-state index contributed by atoms with van der Waals surface area (Å²) >= 11 is 0. The SMILES string of the molecule is CCOC(=O)CN(C(=O)OC(C)(C)C)C(c1ccccc1)C(O)c1ccccc1. The number of rotatable bonds is 7. The van der Waals surface area contributed by atoms with Crippen molar-refractivity contribution in [3.05, 3.63) is 71.8 Å². The fourth-order valence-corrected chi connectivity index (χ4v) is 2.96. The minimum absolute atomic E-state index is 0.193. The van der Waals surface area contributed by atoms with Crippen LogP contribution in [-0.2, 0) is 14.3 Å². The van der Waals surface area contributed by atoms with Gasteiger partial charge in [-0.1, -0.05) is 60.7 Å². The fraction of sp³-hybridized carbons (Fsp3) is 0.391. The summed E-state index contributed by atoms with van der Waals surface area (Å²) in [4.78, 5) is 26.5. The Morgan fingerprint density at radius 3 is 1.97 bits per heavy atom. The molecule has 0 bridgehead atoms. The van der Waals surface area contributed by atoms with Crippen LogP contribution in [0.4, 0.5) is 4.79 Å². The van der Waals surface area contributed by atoms with Crippen LogP contribution >= 0.6 is 0 Å². The monoisotopic (exact) mass is 399 g/mol. The lowest BCUT2D eigenvalue weighted by Gasteiger charge is -2.36. The molecule has 2 aromatic carbocycles. The Hall–Kier alpha value is -2.86. The first-order chi connectivity index (χ1) is 13.7. The van der Waals surface area contributed by atoms with Crippen LogP contribution in [0.3, 0.4) is 0 Å². The number of amides is 1. The van der Waals surface area contributed by atoms with Crippen molar-refractivity contribution in [1.82, 2.24) is 4.90 Å². The number of nitrogens with zero attached hydrogens (tertiary/aromatic N) is 1. The molecule has 0 aliphatic rings. The van der Waals surface area contributed by atoms with Gasteiger partial charge >= 0.3 is 12.1 Å². The van der Waals surface area contributed by atoms with Gasteiger partial charge in [0.05, 0.1) is 12.6 Å². The van der Waals surface area contributed by atoms with Crippen LogP contribution in [0.1, 0.15) is 51.0 Å². The van der Waals surface area contributed by atoms with Crippen LogP contribution in [0.5, 0.6) is 0 Å². The van der Waals surface area contributed by atoms with E-state index in [1.54, 1.807) is 52.0 Å². The summed E-state index contributed by atoms with van der Waals surface area (Å²) in [6.07, 6.45) is -1.77. The third-order valence-corrected chi connectivity index (χ3v) is 4.15. The van der Waals surface area contributed by atoms with Gasteiger partial charge in [-0.05, 0) is 38.8 Å².